The summed E-state index contributed by atoms with van der Waals surface area (Å²) in [6, 6.07) is 0. The summed E-state index contributed by atoms with van der Waals surface area (Å²) >= 11 is 0. The second-order valence-corrected chi connectivity index (χ2v) is 3.28. The highest BCUT2D eigenvalue weighted by Crippen LogP contribution is 2.04. The summed E-state index contributed by atoms with van der Waals surface area (Å²) in [6.45, 7) is 1.50. The quantitative estimate of drug-likeness (QED) is 0.694. The third-order valence-corrected chi connectivity index (χ3v) is 2.29. The molecule has 16 heavy (non-hydrogen) atoms. The maximum absolute atomic E-state index is 11.4. The Morgan fingerprint density at radius 3 is 2.06 bits per heavy atom. The predicted octanol–water partition coefficient (Wildman–Crippen LogP) is -0.501. The van der Waals surface area contributed by atoms with Crippen LogP contribution in [0.25, 0.3) is 0 Å². The Morgan fingerprint density at radius 1 is 1.12 bits per heavy atom. The molecular formula is C9H16N2O5. The smallest absolute Gasteiger partial charge is 0.409 e. The van der Waals surface area contributed by atoms with E-state index < -0.39 is 6.09 Å². The molecule has 0 aromatic heterocycles. The second kappa shape index (κ2) is 6.16. The summed E-state index contributed by atoms with van der Waals surface area (Å²) in [7, 11) is 1.32. The first-order valence-electron chi connectivity index (χ1n) is 5.04. The lowest BCUT2D eigenvalue weighted by Gasteiger charge is -2.33. The number of hydrogen-bond donors (Lipinski definition) is 1. The zero-order valence-electron chi connectivity index (χ0n) is 9.22. The van der Waals surface area contributed by atoms with Gasteiger partial charge in [0, 0.05) is 26.2 Å². The first-order chi connectivity index (χ1) is 7.69. The maximum atomic E-state index is 11.4. The molecule has 0 bridgehead atoms. The standard InChI is InChI=1S/C9H16N2O5/c1-15-8(13)10-2-4-11(5-3-10)9(14)16-7-6-12/h12H,2-7H2,1H3. The van der Waals surface area contributed by atoms with Gasteiger partial charge in [0.1, 0.15) is 6.61 Å². The molecule has 1 aliphatic heterocycles. The van der Waals surface area contributed by atoms with Gasteiger partial charge < -0.3 is 24.4 Å². The number of methoxy groups -OCH3 is 1. The van der Waals surface area contributed by atoms with Crippen molar-refractivity contribution in [3.05, 3.63) is 0 Å². The van der Waals surface area contributed by atoms with Crippen molar-refractivity contribution in [1.82, 2.24) is 9.80 Å². The van der Waals surface area contributed by atoms with Crippen molar-refractivity contribution >= 4 is 12.2 Å². The SMILES string of the molecule is COC(=O)N1CCN(C(=O)OCCO)CC1. The number of hydrogen-bond acceptors (Lipinski definition) is 5. The van der Waals surface area contributed by atoms with Crippen LogP contribution < -0.4 is 0 Å². The van der Waals surface area contributed by atoms with Gasteiger partial charge in [0.15, 0.2) is 0 Å². The Labute approximate surface area is 93.5 Å². The summed E-state index contributed by atoms with van der Waals surface area (Å²) < 4.78 is 9.32. The van der Waals surface area contributed by atoms with E-state index in [0.717, 1.165) is 0 Å². The van der Waals surface area contributed by atoms with E-state index in [1.54, 1.807) is 0 Å². The lowest BCUT2D eigenvalue weighted by Crippen LogP contribution is -2.50. The van der Waals surface area contributed by atoms with Gasteiger partial charge >= 0.3 is 12.2 Å². The molecule has 0 aromatic carbocycles. The lowest BCUT2D eigenvalue weighted by atomic mass is 10.3. The van der Waals surface area contributed by atoms with Crippen molar-refractivity contribution in [2.75, 3.05) is 46.5 Å². The molecule has 1 heterocycles. The largest absolute Gasteiger partial charge is 0.453 e. The first kappa shape index (κ1) is 12.6. The van der Waals surface area contributed by atoms with E-state index in [4.69, 9.17) is 9.84 Å². The van der Waals surface area contributed by atoms with Gasteiger partial charge in [0.25, 0.3) is 0 Å². The van der Waals surface area contributed by atoms with Gasteiger partial charge in [-0.05, 0) is 0 Å². The molecule has 2 amide bonds. The minimum Gasteiger partial charge on any atom is -0.453 e. The topological polar surface area (TPSA) is 79.3 Å². The number of nitrogens with zero attached hydrogens (tertiary/aromatic N) is 2. The third kappa shape index (κ3) is 3.27. The molecule has 1 rings (SSSR count). The highest BCUT2D eigenvalue weighted by atomic mass is 16.6. The Kier molecular flexibility index (Phi) is 4.84. The van der Waals surface area contributed by atoms with Crippen LogP contribution in [-0.2, 0) is 9.47 Å². The van der Waals surface area contributed by atoms with Gasteiger partial charge in [-0.1, -0.05) is 0 Å². The molecule has 0 aliphatic carbocycles. The van der Waals surface area contributed by atoms with Crippen molar-refractivity contribution < 1.29 is 24.2 Å². The van der Waals surface area contributed by atoms with Crippen LogP contribution in [0.2, 0.25) is 0 Å². The molecular weight excluding hydrogens is 216 g/mol. The first-order valence-corrected chi connectivity index (χ1v) is 5.04. The minimum atomic E-state index is -0.460. The van der Waals surface area contributed by atoms with Crippen LogP contribution >= 0.6 is 0 Å². The van der Waals surface area contributed by atoms with Crippen molar-refractivity contribution in [1.29, 1.82) is 0 Å². The highest BCUT2D eigenvalue weighted by molar-refractivity contribution is 5.70. The van der Waals surface area contributed by atoms with Gasteiger partial charge in [-0.15, -0.1) is 0 Å². The summed E-state index contributed by atoms with van der Waals surface area (Å²) in [4.78, 5) is 25.5. The summed E-state index contributed by atoms with van der Waals surface area (Å²) in [5.41, 5.74) is 0. The summed E-state index contributed by atoms with van der Waals surface area (Å²) in [5.74, 6) is 0. The number of carbonyl (C=O) groups is 2. The van der Waals surface area contributed by atoms with Gasteiger partial charge in [-0.3, -0.25) is 0 Å². The van der Waals surface area contributed by atoms with Gasteiger partial charge in [-0.2, -0.15) is 0 Å². The molecule has 1 aliphatic rings. The highest BCUT2D eigenvalue weighted by Gasteiger charge is 2.25. The Bertz CT molecular complexity index is 250. The zero-order valence-corrected chi connectivity index (χ0v) is 9.22. The molecule has 0 unspecified atom stereocenters. The van der Waals surface area contributed by atoms with E-state index in [1.165, 1.54) is 16.9 Å². The number of carbonyl (C=O) groups excluding carboxylic acids is 2. The van der Waals surface area contributed by atoms with Gasteiger partial charge in [-0.25, -0.2) is 9.59 Å². The molecule has 0 spiro atoms. The number of rotatable bonds is 2. The molecule has 1 saturated heterocycles. The number of piperazine rings is 1. The molecule has 0 radical (unpaired) electrons. The Morgan fingerprint density at radius 2 is 1.62 bits per heavy atom. The molecule has 7 heteroatoms. The molecule has 1 fully saturated rings. The van der Waals surface area contributed by atoms with Crippen LogP contribution in [0.3, 0.4) is 0 Å². The van der Waals surface area contributed by atoms with E-state index in [0.29, 0.717) is 26.2 Å². The van der Waals surface area contributed by atoms with Crippen molar-refractivity contribution in [3.63, 3.8) is 0 Å². The van der Waals surface area contributed by atoms with E-state index in [2.05, 4.69) is 4.74 Å². The molecule has 7 nitrogen and oxygen atoms in total. The molecule has 0 aromatic rings. The van der Waals surface area contributed by atoms with Crippen LogP contribution in [0.5, 0.6) is 0 Å². The monoisotopic (exact) mass is 232 g/mol. The molecule has 92 valence electrons. The Hall–Kier alpha value is -1.50. The molecule has 0 saturated carbocycles. The van der Waals surface area contributed by atoms with Crippen LogP contribution in [0.4, 0.5) is 9.59 Å². The normalized spacial score (nSPS) is 15.9. The lowest BCUT2D eigenvalue weighted by molar-refractivity contribution is 0.0592. The van der Waals surface area contributed by atoms with Crippen LogP contribution in [-0.4, -0.2) is 73.6 Å². The van der Waals surface area contributed by atoms with E-state index in [9.17, 15) is 9.59 Å². The van der Waals surface area contributed by atoms with E-state index >= 15 is 0 Å². The molecule has 1 N–H and O–H groups in total. The summed E-state index contributed by atoms with van der Waals surface area (Å²) in [5, 5.41) is 8.50. The van der Waals surface area contributed by atoms with Crippen LogP contribution in [0.15, 0.2) is 0 Å². The number of ether oxygens (including phenoxy) is 2. The number of amides is 2. The van der Waals surface area contributed by atoms with Crippen LogP contribution in [0.1, 0.15) is 0 Å². The third-order valence-electron chi connectivity index (χ3n) is 2.29. The van der Waals surface area contributed by atoms with Crippen molar-refractivity contribution in [2.24, 2.45) is 0 Å². The van der Waals surface area contributed by atoms with Crippen molar-refractivity contribution in [2.45, 2.75) is 0 Å². The summed E-state index contributed by atoms with van der Waals surface area (Å²) in [6.07, 6.45) is -0.845. The second-order valence-electron chi connectivity index (χ2n) is 3.28. The fourth-order valence-corrected chi connectivity index (χ4v) is 1.42. The average Bonchev–Trinajstić information content (AvgIpc) is 2.35. The fraction of sp³-hybridized carbons (Fsp3) is 0.778. The van der Waals surface area contributed by atoms with Gasteiger partial charge in [0.2, 0.25) is 0 Å². The van der Waals surface area contributed by atoms with Crippen molar-refractivity contribution in [3.8, 4) is 0 Å². The fourth-order valence-electron chi connectivity index (χ4n) is 1.42. The predicted molar refractivity (Wildman–Crippen MR) is 54.0 cm³/mol. The Balaban J connectivity index is 2.31. The number of aliphatic hydroxyl groups excluding tert-OH is 1. The average molecular weight is 232 g/mol. The van der Waals surface area contributed by atoms with E-state index in [-0.39, 0.29) is 19.3 Å². The van der Waals surface area contributed by atoms with E-state index in [1.807, 2.05) is 0 Å². The van der Waals surface area contributed by atoms with Gasteiger partial charge in [0.05, 0.1) is 13.7 Å². The molecule has 0 atom stereocenters. The maximum Gasteiger partial charge on any atom is 0.409 e. The minimum absolute atomic E-state index is 0.00392. The van der Waals surface area contributed by atoms with Crippen LogP contribution in [0, 0.1) is 0 Å². The zero-order chi connectivity index (χ0) is 12.0. The number of aliphatic hydroxyl groups is 1.